The predicted octanol–water partition coefficient (Wildman–Crippen LogP) is 2.77. The van der Waals surface area contributed by atoms with E-state index >= 15 is 0 Å². The van der Waals surface area contributed by atoms with E-state index < -0.39 is 5.54 Å². The molecule has 0 aliphatic heterocycles. The number of amides is 1. The van der Waals surface area contributed by atoms with Gasteiger partial charge in [0.2, 0.25) is 5.91 Å². The van der Waals surface area contributed by atoms with Gasteiger partial charge in [0.05, 0.1) is 0 Å². The molecule has 0 aromatic rings. The highest BCUT2D eigenvalue weighted by molar-refractivity contribution is 5.94. The third kappa shape index (κ3) is 4.69. The fourth-order valence-corrected chi connectivity index (χ4v) is 2.84. The summed E-state index contributed by atoms with van der Waals surface area (Å²) in [5.41, 5.74) is 5.20. The van der Waals surface area contributed by atoms with Crippen molar-refractivity contribution in [3.63, 3.8) is 0 Å². The normalized spacial score (nSPS) is 27.3. The van der Waals surface area contributed by atoms with Crippen LogP contribution in [0.25, 0.3) is 0 Å². The monoisotopic (exact) mass is 283 g/mol. The van der Waals surface area contributed by atoms with Gasteiger partial charge in [0, 0.05) is 6.42 Å². The molecule has 0 aromatic carbocycles. The van der Waals surface area contributed by atoms with E-state index in [1.165, 1.54) is 0 Å². The molecule has 0 saturated heterocycles. The van der Waals surface area contributed by atoms with Crippen LogP contribution in [0.4, 0.5) is 0 Å². The number of hydrogen-bond acceptors (Lipinski definition) is 3. The van der Waals surface area contributed by atoms with Crippen molar-refractivity contribution in [2.75, 3.05) is 0 Å². The van der Waals surface area contributed by atoms with Gasteiger partial charge in [0.15, 0.2) is 5.84 Å². The van der Waals surface area contributed by atoms with E-state index in [1.807, 2.05) is 0 Å². The van der Waals surface area contributed by atoms with Gasteiger partial charge in [-0.2, -0.15) is 0 Å². The number of rotatable bonds is 7. The van der Waals surface area contributed by atoms with Crippen LogP contribution >= 0.6 is 0 Å². The number of oxime groups is 1. The van der Waals surface area contributed by atoms with Crippen LogP contribution in [0, 0.1) is 5.92 Å². The van der Waals surface area contributed by atoms with Gasteiger partial charge in [-0.1, -0.05) is 38.3 Å². The number of nitrogens with two attached hydrogens (primary N) is 1. The van der Waals surface area contributed by atoms with E-state index in [1.54, 1.807) is 0 Å². The summed E-state index contributed by atoms with van der Waals surface area (Å²) in [7, 11) is 0. The molecule has 1 amide bonds. The Labute approximate surface area is 122 Å². The largest absolute Gasteiger partial charge is 0.409 e. The summed E-state index contributed by atoms with van der Waals surface area (Å²) in [6.07, 6.45) is 8.33. The number of amidine groups is 1. The number of hydrogen-bond donors (Lipinski definition) is 3. The van der Waals surface area contributed by atoms with E-state index in [0.29, 0.717) is 12.3 Å². The minimum atomic E-state index is -0.636. The minimum Gasteiger partial charge on any atom is -0.409 e. The Balaban J connectivity index is 2.55. The fourth-order valence-electron chi connectivity index (χ4n) is 2.84. The standard InChI is InChI=1S/C15H29N3O2/c1-3-4-5-6-7-13(19)17-15(14(16)18-20)10-8-12(2)9-11-15/h12,20H,3-11H2,1-2H3,(H2,16,18)(H,17,19). The number of nitrogens with zero attached hydrogens (tertiary/aromatic N) is 1. The second-order valence-corrected chi connectivity index (χ2v) is 6.11. The molecule has 0 atom stereocenters. The average Bonchev–Trinajstić information content (AvgIpc) is 2.45. The van der Waals surface area contributed by atoms with Crippen LogP contribution in [0.3, 0.4) is 0 Å². The molecule has 5 nitrogen and oxygen atoms in total. The Morgan fingerprint density at radius 3 is 2.55 bits per heavy atom. The molecule has 0 radical (unpaired) electrons. The van der Waals surface area contributed by atoms with Crippen molar-refractivity contribution in [1.82, 2.24) is 5.32 Å². The third-order valence-electron chi connectivity index (χ3n) is 4.36. The molecule has 1 rings (SSSR count). The SMILES string of the molecule is CCCCCCC(=O)NC1(C(N)=NO)CCC(C)CC1. The Morgan fingerprint density at radius 1 is 1.35 bits per heavy atom. The summed E-state index contributed by atoms with van der Waals surface area (Å²) in [6.45, 7) is 4.35. The van der Waals surface area contributed by atoms with Crippen LogP contribution in [0.15, 0.2) is 5.16 Å². The molecule has 4 N–H and O–H groups in total. The molecule has 1 saturated carbocycles. The molecule has 1 aliphatic carbocycles. The van der Waals surface area contributed by atoms with E-state index in [9.17, 15) is 4.79 Å². The van der Waals surface area contributed by atoms with E-state index in [4.69, 9.17) is 10.9 Å². The number of carbonyl (C=O) groups excluding carboxylic acids is 1. The van der Waals surface area contributed by atoms with Crippen LogP contribution in [0.2, 0.25) is 0 Å². The number of unbranched alkanes of at least 4 members (excludes halogenated alkanes) is 3. The Kier molecular flexibility index (Phi) is 6.82. The molecule has 1 aliphatic rings. The molecule has 20 heavy (non-hydrogen) atoms. The molecule has 116 valence electrons. The Morgan fingerprint density at radius 2 is 2.00 bits per heavy atom. The summed E-state index contributed by atoms with van der Waals surface area (Å²) in [5, 5.41) is 15.2. The molecule has 0 bridgehead atoms. The van der Waals surface area contributed by atoms with Gasteiger partial charge in [-0.3, -0.25) is 4.79 Å². The second-order valence-electron chi connectivity index (χ2n) is 6.11. The molecule has 5 heteroatoms. The maximum Gasteiger partial charge on any atom is 0.220 e. The maximum atomic E-state index is 12.1. The van der Waals surface area contributed by atoms with Crippen molar-refractivity contribution in [3.8, 4) is 0 Å². The van der Waals surface area contributed by atoms with E-state index in [0.717, 1.165) is 51.4 Å². The lowest BCUT2D eigenvalue weighted by atomic mass is 9.76. The summed E-state index contributed by atoms with van der Waals surface area (Å²) < 4.78 is 0. The second kappa shape index (κ2) is 8.12. The van der Waals surface area contributed by atoms with Gasteiger partial charge in [0.25, 0.3) is 0 Å². The Bertz CT molecular complexity index is 334. The lowest BCUT2D eigenvalue weighted by Gasteiger charge is -2.39. The van der Waals surface area contributed by atoms with Gasteiger partial charge in [0.1, 0.15) is 5.54 Å². The molecular formula is C15H29N3O2. The molecule has 0 unspecified atom stereocenters. The van der Waals surface area contributed by atoms with Gasteiger partial charge in [-0.05, 0) is 38.0 Å². The summed E-state index contributed by atoms with van der Waals surface area (Å²) >= 11 is 0. The van der Waals surface area contributed by atoms with Crippen molar-refractivity contribution in [3.05, 3.63) is 0 Å². The highest BCUT2D eigenvalue weighted by atomic mass is 16.4. The lowest BCUT2D eigenvalue weighted by molar-refractivity contribution is -0.122. The van der Waals surface area contributed by atoms with E-state index in [2.05, 4.69) is 24.3 Å². The van der Waals surface area contributed by atoms with Crippen LogP contribution in [-0.2, 0) is 4.79 Å². The van der Waals surface area contributed by atoms with Gasteiger partial charge in [-0.15, -0.1) is 0 Å². The average molecular weight is 283 g/mol. The first-order valence-corrected chi connectivity index (χ1v) is 7.83. The van der Waals surface area contributed by atoms with Crippen LogP contribution in [0.5, 0.6) is 0 Å². The smallest absolute Gasteiger partial charge is 0.220 e. The van der Waals surface area contributed by atoms with Crippen LogP contribution < -0.4 is 11.1 Å². The molecule has 1 fully saturated rings. The minimum absolute atomic E-state index is 0.0160. The number of nitrogens with one attached hydrogen (secondary N) is 1. The van der Waals surface area contributed by atoms with Gasteiger partial charge >= 0.3 is 0 Å². The zero-order valence-electron chi connectivity index (χ0n) is 12.8. The van der Waals surface area contributed by atoms with Gasteiger partial charge in [-0.25, -0.2) is 0 Å². The van der Waals surface area contributed by atoms with Crippen molar-refractivity contribution in [2.45, 2.75) is 77.2 Å². The first-order chi connectivity index (χ1) is 9.54. The molecule has 0 spiro atoms. The topological polar surface area (TPSA) is 87.7 Å². The molecular weight excluding hydrogens is 254 g/mol. The first kappa shape index (κ1) is 16.8. The fraction of sp³-hybridized carbons (Fsp3) is 0.867. The molecule has 0 heterocycles. The summed E-state index contributed by atoms with van der Waals surface area (Å²) in [5.74, 6) is 0.796. The molecule has 0 aromatic heterocycles. The Hall–Kier alpha value is -1.26. The van der Waals surface area contributed by atoms with Crippen LogP contribution in [0.1, 0.15) is 71.6 Å². The maximum absolute atomic E-state index is 12.1. The predicted molar refractivity (Wildman–Crippen MR) is 80.7 cm³/mol. The highest BCUT2D eigenvalue weighted by Gasteiger charge is 2.39. The van der Waals surface area contributed by atoms with E-state index in [-0.39, 0.29) is 11.7 Å². The van der Waals surface area contributed by atoms with Crippen molar-refractivity contribution in [1.29, 1.82) is 0 Å². The van der Waals surface area contributed by atoms with Gasteiger partial charge < -0.3 is 16.3 Å². The van der Waals surface area contributed by atoms with Crippen molar-refractivity contribution >= 4 is 11.7 Å². The quantitative estimate of drug-likeness (QED) is 0.221. The number of carbonyl (C=O) groups is 1. The zero-order chi connectivity index (χ0) is 15.0. The lowest BCUT2D eigenvalue weighted by Crippen LogP contribution is -2.59. The summed E-state index contributed by atoms with van der Waals surface area (Å²) in [6, 6.07) is 0. The van der Waals surface area contributed by atoms with Crippen LogP contribution in [-0.4, -0.2) is 22.5 Å². The zero-order valence-corrected chi connectivity index (χ0v) is 12.8. The summed E-state index contributed by atoms with van der Waals surface area (Å²) in [4.78, 5) is 12.1. The first-order valence-electron chi connectivity index (χ1n) is 7.83. The highest BCUT2D eigenvalue weighted by Crippen LogP contribution is 2.32. The van der Waals surface area contributed by atoms with Crippen molar-refractivity contribution < 1.29 is 10.0 Å². The third-order valence-corrected chi connectivity index (χ3v) is 4.36. The van der Waals surface area contributed by atoms with Crippen molar-refractivity contribution in [2.24, 2.45) is 16.8 Å².